The topological polar surface area (TPSA) is 63.6 Å². The van der Waals surface area contributed by atoms with E-state index in [1.165, 1.54) is 5.56 Å². The van der Waals surface area contributed by atoms with E-state index >= 15 is 0 Å². The first-order chi connectivity index (χ1) is 11.6. The van der Waals surface area contributed by atoms with Crippen LogP contribution in [0, 0.1) is 23.7 Å². The summed E-state index contributed by atoms with van der Waals surface area (Å²) in [7, 11) is 0. The summed E-state index contributed by atoms with van der Waals surface area (Å²) in [6.07, 6.45) is 6.37. The molecule has 1 N–H and O–H groups in total. The second-order valence-corrected chi connectivity index (χ2v) is 8.08. The molecular formula is C20H22O4. The molecular weight excluding hydrogens is 304 g/mol. The normalized spacial score (nSPS) is 42.0. The number of ether oxygens (including phenoxy) is 1. The van der Waals surface area contributed by atoms with Crippen LogP contribution in [0.5, 0.6) is 5.75 Å². The highest BCUT2D eigenvalue weighted by Gasteiger charge is 2.67. The van der Waals surface area contributed by atoms with E-state index in [-0.39, 0.29) is 29.5 Å². The second-order valence-electron chi connectivity index (χ2n) is 8.08. The van der Waals surface area contributed by atoms with Gasteiger partial charge in [0.1, 0.15) is 17.6 Å². The average Bonchev–Trinajstić information content (AvgIpc) is 3.06. The molecule has 5 rings (SSSR count). The Bertz CT molecular complexity index is 726. The van der Waals surface area contributed by atoms with Crippen molar-refractivity contribution in [1.29, 1.82) is 0 Å². The van der Waals surface area contributed by atoms with Crippen molar-refractivity contribution in [3.63, 3.8) is 0 Å². The van der Waals surface area contributed by atoms with E-state index in [0.29, 0.717) is 18.3 Å². The highest BCUT2D eigenvalue weighted by Crippen LogP contribution is 2.65. The maximum absolute atomic E-state index is 12.7. The third-order valence-electron chi connectivity index (χ3n) is 7.31. The zero-order chi connectivity index (χ0) is 16.5. The molecule has 0 radical (unpaired) electrons. The number of carbonyl (C=O) groups excluding carboxylic acids is 2. The minimum atomic E-state index is -0.391. The van der Waals surface area contributed by atoms with Gasteiger partial charge in [0.2, 0.25) is 0 Å². The first kappa shape index (κ1) is 14.5. The quantitative estimate of drug-likeness (QED) is 0.670. The summed E-state index contributed by atoms with van der Waals surface area (Å²) in [6.45, 7) is 0. The summed E-state index contributed by atoms with van der Waals surface area (Å²) in [5.74, 6) is 1.25. The number of aldehydes is 1. The number of hydrogen-bond acceptors (Lipinski definition) is 4. The summed E-state index contributed by atoms with van der Waals surface area (Å²) in [4.78, 5) is 23.8. The number of aryl methyl sites for hydroxylation is 1. The van der Waals surface area contributed by atoms with E-state index in [0.717, 1.165) is 44.0 Å². The average molecular weight is 326 g/mol. The van der Waals surface area contributed by atoms with Crippen molar-refractivity contribution >= 4 is 12.3 Å². The molecule has 126 valence electrons. The van der Waals surface area contributed by atoms with E-state index in [1.807, 2.05) is 12.1 Å². The Hall–Kier alpha value is -1.84. The molecule has 1 saturated heterocycles. The number of fused-ring (bicyclic) bond motifs is 6. The second kappa shape index (κ2) is 4.84. The summed E-state index contributed by atoms with van der Waals surface area (Å²) < 4.78 is 6.04. The van der Waals surface area contributed by atoms with Crippen LogP contribution in [-0.2, 0) is 20.7 Å². The molecule has 2 saturated carbocycles. The zero-order valence-electron chi connectivity index (χ0n) is 13.6. The van der Waals surface area contributed by atoms with E-state index in [1.54, 1.807) is 6.07 Å². The molecule has 24 heavy (non-hydrogen) atoms. The molecule has 1 aliphatic heterocycles. The lowest BCUT2D eigenvalue weighted by molar-refractivity contribution is -0.156. The highest BCUT2D eigenvalue weighted by atomic mass is 16.6. The first-order valence-electron chi connectivity index (χ1n) is 9.12. The number of hydrogen-bond donors (Lipinski definition) is 1. The predicted octanol–water partition coefficient (Wildman–Crippen LogP) is 2.97. The van der Waals surface area contributed by atoms with Gasteiger partial charge in [-0.25, -0.2) is 0 Å². The van der Waals surface area contributed by atoms with E-state index in [4.69, 9.17) is 4.74 Å². The van der Waals surface area contributed by atoms with Gasteiger partial charge >= 0.3 is 5.97 Å². The van der Waals surface area contributed by atoms with E-state index in [2.05, 4.69) is 0 Å². The van der Waals surface area contributed by atoms with Crippen LogP contribution in [0.3, 0.4) is 0 Å². The Labute approximate surface area is 141 Å². The third-order valence-corrected chi connectivity index (χ3v) is 7.31. The molecule has 1 spiro atoms. The summed E-state index contributed by atoms with van der Waals surface area (Å²) >= 11 is 0. The van der Waals surface area contributed by atoms with Crippen molar-refractivity contribution in [3.8, 4) is 5.75 Å². The van der Waals surface area contributed by atoms with Gasteiger partial charge in [0.15, 0.2) is 0 Å². The molecule has 2 bridgehead atoms. The molecule has 3 fully saturated rings. The summed E-state index contributed by atoms with van der Waals surface area (Å²) in [5, 5.41) is 9.96. The molecule has 6 atom stereocenters. The van der Waals surface area contributed by atoms with Gasteiger partial charge in [0.25, 0.3) is 0 Å². The van der Waals surface area contributed by atoms with Gasteiger partial charge in [-0.05, 0) is 54.9 Å². The summed E-state index contributed by atoms with van der Waals surface area (Å²) in [6, 6.07) is 5.62. The minimum absolute atomic E-state index is 0.0820. The van der Waals surface area contributed by atoms with Crippen molar-refractivity contribution in [3.05, 3.63) is 29.3 Å². The lowest BCUT2D eigenvalue weighted by atomic mass is 9.55. The lowest BCUT2D eigenvalue weighted by Gasteiger charge is -2.48. The van der Waals surface area contributed by atoms with Gasteiger partial charge in [-0.2, -0.15) is 0 Å². The van der Waals surface area contributed by atoms with Gasteiger partial charge in [-0.1, -0.05) is 6.07 Å². The maximum Gasteiger partial charge on any atom is 0.310 e. The number of phenolic OH excluding ortho intramolecular Hbond substituents is 1. The molecule has 0 amide bonds. The van der Waals surface area contributed by atoms with Crippen molar-refractivity contribution in [2.75, 3.05) is 0 Å². The minimum Gasteiger partial charge on any atom is -0.508 e. The molecule has 3 aliphatic carbocycles. The maximum atomic E-state index is 12.7. The van der Waals surface area contributed by atoms with Crippen LogP contribution in [0.4, 0.5) is 0 Å². The number of esters is 1. The van der Waals surface area contributed by atoms with Gasteiger partial charge in [-0.3, -0.25) is 4.79 Å². The number of benzene rings is 1. The third kappa shape index (κ3) is 1.69. The Morgan fingerprint density at radius 3 is 3.00 bits per heavy atom. The van der Waals surface area contributed by atoms with Crippen LogP contribution in [0.15, 0.2) is 18.2 Å². The summed E-state index contributed by atoms with van der Waals surface area (Å²) in [5.41, 5.74) is 2.03. The molecule has 1 aromatic rings. The van der Waals surface area contributed by atoms with E-state index in [9.17, 15) is 14.7 Å². The molecule has 4 heteroatoms. The monoisotopic (exact) mass is 326 g/mol. The van der Waals surface area contributed by atoms with Crippen LogP contribution in [0.25, 0.3) is 0 Å². The predicted molar refractivity (Wildman–Crippen MR) is 86.5 cm³/mol. The van der Waals surface area contributed by atoms with Crippen molar-refractivity contribution in [2.24, 2.45) is 23.7 Å². The van der Waals surface area contributed by atoms with Crippen LogP contribution in [0.1, 0.15) is 49.1 Å². The molecule has 4 nitrogen and oxygen atoms in total. The van der Waals surface area contributed by atoms with Crippen LogP contribution in [0.2, 0.25) is 0 Å². The molecule has 0 unspecified atom stereocenters. The first-order valence-corrected chi connectivity index (χ1v) is 9.12. The molecule has 4 aliphatic rings. The smallest absolute Gasteiger partial charge is 0.310 e. The molecule has 0 aromatic heterocycles. The number of carbonyl (C=O) groups is 2. The Balaban J connectivity index is 1.61. The van der Waals surface area contributed by atoms with E-state index < -0.39 is 5.60 Å². The van der Waals surface area contributed by atoms with Crippen LogP contribution < -0.4 is 0 Å². The van der Waals surface area contributed by atoms with Crippen molar-refractivity contribution in [2.45, 2.75) is 50.0 Å². The van der Waals surface area contributed by atoms with Gasteiger partial charge < -0.3 is 14.6 Å². The van der Waals surface area contributed by atoms with Gasteiger partial charge in [0.05, 0.1) is 5.92 Å². The largest absolute Gasteiger partial charge is 0.508 e. The van der Waals surface area contributed by atoms with Gasteiger partial charge in [0, 0.05) is 30.6 Å². The Morgan fingerprint density at radius 1 is 1.29 bits per heavy atom. The van der Waals surface area contributed by atoms with Gasteiger partial charge in [-0.15, -0.1) is 0 Å². The number of phenols is 1. The van der Waals surface area contributed by atoms with Crippen molar-refractivity contribution < 1.29 is 19.4 Å². The highest BCUT2D eigenvalue weighted by molar-refractivity contribution is 5.78. The van der Waals surface area contributed by atoms with Crippen molar-refractivity contribution in [1.82, 2.24) is 0 Å². The lowest BCUT2D eigenvalue weighted by Crippen LogP contribution is -2.48. The van der Waals surface area contributed by atoms with Crippen LogP contribution >= 0.6 is 0 Å². The van der Waals surface area contributed by atoms with Crippen LogP contribution in [-0.4, -0.2) is 23.0 Å². The fourth-order valence-electron chi connectivity index (χ4n) is 6.48. The Morgan fingerprint density at radius 2 is 2.17 bits per heavy atom. The molecule has 1 aromatic carbocycles. The number of aromatic hydroxyl groups is 1. The Kier molecular flexibility index (Phi) is 2.92. The number of rotatable bonds is 2. The molecule has 1 heterocycles. The fourth-order valence-corrected chi connectivity index (χ4v) is 6.48. The SMILES string of the molecule is O=CC[C@@H]1CC[C@H]2[C@@H]3CCc4ccc(O)cc4[C@H]3[C@H]3C[C@@]12OC3=O. The standard InChI is InChI=1S/C20H22O4/c21-8-7-12-3-6-17-14-5-2-11-1-4-13(22)9-15(11)18(14)16-10-20(12,17)24-19(16)23/h1,4,8-9,12,14,16-18,22H,2-3,5-7,10H2/t12-,14-,16+,17-,18-,20+/m0/s1. The zero-order valence-corrected chi connectivity index (χ0v) is 13.6. The fraction of sp³-hybridized carbons (Fsp3) is 0.600.